The van der Waals surface area contributed by atoms with Crippen LogP contribution >= 0.6 is 0 Å². The van der Waals surface area contributed by atoms with E-state index in [1.807, 2.05) is 0 Å². The SMILES string of the molecule is CC1(C)c2cc(-c3ccccc3)ccc2-c2ccc(-c3ccc4cc(-c5ccc6ccc(-c7ccc8c9c(cccc79)-c7ccccc7-8)cc6c5)ccc4c3)cc21. The molecule has 0 nitrogen and oxygen atoms in total. The molecule has 12 rings (SSSR count). The van der Waals surface area contributed by atoms with Crippen molar-refractivity contribution in [1.29, 1.82) is 0 Å². The minimum absolute atomic E-state index is 0.0834. The molecule has 0 aliphatic heterocycles. The van der Waals surface area contributed by atoms with E-state index in [2.05, 4.69) is 208 Å². The molecular weight excluding hydrogens is 685 g/mol. The Morgan fingerprint density at radius 3 is 1.35 bits per heavy atom. The minimum atomic E-state index is -0.0834. The Morgan fingerprint density at radius 2 is 0.702 bits per heavy atom. The molecule has 57 heavy (non-hydrogen) atoms. The van der Waals surface area contributed by atoms with Crippen molar-refractivity contribution in [2.45, 2.75) is 19.3 Å². The molecule has 0 fully saturated rings. The zero-order valence-corrected chi connectivity index (χ0v) is 32.0. The van der Waals surface area contributed by atoms with Crippen molar-refractivity contribution >= 4 is 32.3 Å². The second-order valence-corrected chi connectivity index (χ2v) is 16.5. The number of rotatable bonds is 4. The minimum Gasteiger partial charge on any atom is -0.0622 e. The molecule has 0 bridgehead atoms. The lowest BCUT2D eigenvalue weighted by Crippen LogP contribution is -2.15. The fourth-order valence-corrected chi connectivity index (χ4v) is 9.99. The van der Waals surface area contributed by atoms with Crippen molar-refractivity contribution in [2.75, 3.05) is 0 Å². The molecule has 0 radical (unpaired) electrons. The van der Waals surface area contributed by atoms with Gasteiger partial charge in [-0.1, -0.05) is 172 Å². The zero-order chi connectivity index (χ0) is 37.8. The van der Waals surface area contributed by atoms with Crippen LogP contribution in [0.15, 0.2) is 194 Å². The van der Waals surface area contributed by atoms with Crippen LogP contribution in [0.25, 0.3) is 110 Å². The molecule has 0 unspecified atom stereocenters. The first-order valence-corrected chi connectivity index (χ1v) is 20.1. The molecule has 0 heteroatoms. The Labute approximate surface area is 333 Å². The maximum atomic E-state index is 2.43. The van der Waals surface area contributed by atoms with Crippen LogP contribution in [0.1, 0.15) is 25.0 Å². The second-order valence-electron chi connectivity index (χ2n) is 16.5. The molecular formula is C57H38. The average Bonchev–Trinajstić information content (AvgIpc) is 3.71. The van der Waals surface area contributed by atoms with E-state index in [9.17, 15) is 0 Å². The van der Waals surface area contributed by atoms with Gasteiger partial charge < -0.3 is 0 Å². The van der Waals surface area contributed by atoms with E-state index in [1.165, 1.54) is 121 Å². The van der Waals surface area contributed by atoms with Gasteiger partial charge in [-0.25, -0.2) is 0 Å². The highest BCUT2D eigenvalue weighted by atomic mass is 14.4. The van der Waals surface area contributed by atoms with Crippen molar-refractivity contribution in [1.82, 2.24) is 0 Å². The molecule has 0 aromatic heterocycles. The first-order chi connectivity index (χ1) is 28.0. The van der Waals surface area contributed by atoms with Gasteiger partial charge in [-0.3, -0.25) is 0 Å². The predicted molar refractivity (Wildman–Crippen MR) is 243 cm³/mol. The third-order valence-electron chi connectivity index (χ3n) is 13.0. The van der Waals surface area contributed by atoms with Gasteiger partial charge in [0.1, 0.15) is 0 Å². The topological polar surface area (TPSA) is 0 Å². The summed E-state index contributed by atoms with van der Waals surface area (Å²) < 4.78 is 0. The Bertz CT molecular complexity index is 3280. The first-order valence-electron chi connectivity index (χ1n) is 20.1. The molecule has 0 spiro atoms. The number of benzene rings is 10. The van der Waals surface area contributed by atoms with Crippen molar-refractivity contribution < 1.29 is 0 Å². The smallest absolute Gasteiger partial charge is 0.0159 e. The van der Waals surface area contributed by atoms with E-state index in [-0.39, 0.29) is 5.41 Å². The van der Waals surface area contributed by atoms with Crippen LogP contribution in [0.5, 0.6) is 0 Å². The van der Waals surface area contributed by atoms with E-state index in [0.29, 0.717) is 0 Å². The summed E-state index contributed by atoms with van der Waals surface area (Å²) in [6.07, 6.45) is 0. The first kappa shape index (κ1) is 32.2. The summed E-state index contributed by atoms with van der Waals surface area (Å²) in [7, 11) is 0. The Morgan fingerprint density at radius 1 is 0.263 bits per heavy atom. The quantitative estimate of drug-likeness (QED) is 0.170. The Kier molecular flexibility index (Phi) is 6.78. The van der Waals surface area contributed by atoms with Crippen molar-refractivity contribution in [3.8, 4) is 77.9 Å². The molecule has 266 valence electrons. The van der Waals surface area contributed by atoms with Crippen molar-refractivity contribution in [3.05, 3.63) is 205 Å². The Hall–Kier alpha value is -7.02. The molecule has 10 aromatic carbocycles. The van der Waals surface area contributed by atoms with Crippen LogP contribution < -0.4 is 0 Å². The van der Waals surface area contributed by atoms with E-state index >= 15 is 0 Å². The van der Waals surface area contributed by atoms with Crippen LogP contribution in [0.4, 0.5) is 0 Å². The Balaban J connectivity index is 0.865. The van der Waals surface area contributed by atoms with Crippen LogP contribution in [0.3, 0.4) is 0 Å². The summed E-state index contributed by atoms with van der Waals surface area (Å²) in [6, 6.07) is 72.7. The molecule has 2 aliphatic carbocycles. The van der Waals surface area contributed by atoms with Gasteiger partial charge in [0, 0.05) is 5.41 Å². The highest BCUT2D eigenvalue weighted by molar-refractivity contribution is 6.19. The van der Waals surface area contributed by atoms with Crippen LogP contribution in [0.2, 0.25) is 0 Å². The van der Waals surface area contributed by atoms with Gasteiger partial charge in [0.05, 0.1) is 0 Å². The lowest BCUT2D eigenvalue weighted by atomic mass is 9.81. The van der Waals surface area contributed by atoms with E-state index in [1.54, 1.807) is 0 Å². The van der Waals surface area contributed by atoms with Gasteiger partial charge in [0.15, 0.2) is 0 Å². The standard InChI is InChI=1S/C57H38/c1-57(2)54-33-42(35-9-4-3-5-10-35)23-25-49(54)50-26-24-43(34-55(50)57)40-21-20-37-29-39(19-18-38(37)30-40)41-17-15-36-16-22-44(32-45(36)31-41)46-27-28-53-48-12-7-6-11-47(48)52-14-8-13-51(46)56(52)53/h3-34H,1-2H3. The highest BCUT2D eigenvalue weighted by Gasteiger charge is 2.36. The molecule has 0 saturated carbocycles. The van der Waals surface area contributed by atoms with Gasteiger partial charge in [-0.05, 0) is 158 Å². The largest absolute Gasteiger partial charge is 0.0622 e. The molecule has 0 atom stereocenters. The van der Waals surface area contributed by atoms with E-state index in [4.69, 9.17) is 0 Å². The van der Waals surface area contributed by atoms with Gasteiger partial charge in [0.2, 0.25) is 0 Å². The maximum Gasteiger partial charge on any atom is 0.0159 e. The normalized spacial score (nSPS) is 13.2. The fourth-order valence-electron chi connectivity index (χ4n) is 9.99. The summed E-state index contributed by atoms with van der Waals surface area (Å²) in [5.74, 6) is 0. The summed E-state index contributed by atoms with van der Waals surface area (Å²) in [5.41, 5.74) is 20.8. The molecule has 0 N–H and O–H groups in total. The monoisotopic (exact) mass is 722 g/mol. The summed E-state index contributed by atoms with van der Waals surface area (Å²) in [5, 5.41) is 7.70. The average molecular weight is 723 g/mol. The summed E-state index contributed by atoms with van der Waals surface area (Å²) >= 11 is 0. The summed E-state index contributed by atoms with van der Waals surface area (Å²) in [4.78, 5) is 0. The third-order valence-corrected chi connectivity index (χ3v) is 13.0. The van der Waals surface area contributed by atoms with Gasteiger partial charge >= 0.3 is 0 Å². The van der Waals surface area contributed by atoms with Gasteiger partial charge in [0.25, 0.3) is 0 Å². The van der Waals surface area contributed by atoms with E-state index < -0.39 is 0 Å². The predicted octanol–water partition coefficient (Wildman–Crippen LogP) is 15.8. The molecule has 0 heterocycles. The summed E-state index contributed by atoms with van der Waals surface area (Å²) in [6.45, 7) is 4.75. The number of fused-ring (bicyclic) bond motifs is 8. The second kappa shape index (κ2) is 12.0. The number of hydrogen-bond acceptors (Lipinski definition) is 0. The van der Waals surface area contributed by atoms with Gasteiger partial charge in [-0.15, -0.1) is 0 Å². The maximum absolute atomic E-state index is 2.43. The van der Waals surface area contributed by atoms with E-state index in [0.717, 1.165) is 0 Å². The molecule has 10 aromatic rings. The van der Waals surface area contributed by atoms with Crippen molar-refractivity contribution in [2.24, 2.45) is 0 Å². The lowest BCUT2D eigenvalue weighted by molar-refractivity contribution is 0.661. The number of hydrogen-bond donors (Lipinski definition) is 0. The van der Waals surface area contributed by atoms with Gasteiger partial charge in [-0.2, -0.15) is 0 Å². The van der Waals surface area contributed by atoms with Crippen molar-refractivity contribution in [3.63, 3.8) is 0 Å². The zero-order valence-electron chi connectivity index (χ0n) is 32.0. The fraction of sp³-hybridized carbons (Fsp3) is 0.0526. The van der Waals surface area contributed by atoms with Crippen LogP contribution in [-0.2, 0) is 5.41 Å². The molecule has 2 aliphatic rings. The molecule has 0 saturated heterocycles. The highest BCUT2D eigenvalue weighted by Crippen LogP contribution is 2.51. The lowest BCUT2D eigenvalue weighted by Gasteiger charge is -2.22. The third kappa shape index (κ3) is 4.87. The van der Waals surface area contributed by atoms with Crippen LogP contribution in [0, 0.1) is 0 Å². The van der Waals surface area contributed by atoms with Crippen LogP contribution in [-0.4, -0.2) is 0 Å². The molecule has 0 amide bonds.